The molecule has 12 aromatic rings. The third kappa shape index (κ3) is 5.74. The molecule has 0 fully saturated rings. The Morgan fingerprint density at radius 2 is 0.742 bits per heavy atom. The molecule has 9 nitrogen and oxygen atoms in total. The molecule has 62 heavy (non-hydrogen) atoms. The van der Waals surface area contributed by atoms with E-state index < -0.39 is 6.43 Å². The molecule has 0 N–H and O–H groups in total. The summed E-state index contributed by atoms with van der Waals surface area (Å²) in [6, 6.07) is 52.0. The van der Waals surface area contributed by atoms with Crippen molar-refractivity contribution < 1.29 is 18.3 Å². The van der Waals surface area contributed by atoms with Crippen LogP contribution in [0, 0.1) is 0 Å². The fraction of sp³-hybridized carbons (Fsp3) is 0.0196. The molecule has 11 heteroatoms. The second-order valence-electron chi connectivity index (χ2n) is 15.0. The molecule has 6 aromatic carbocycles. The van der Waals surface area contributed by atoms with Crippen LogP contribution in [0.1, 0.15) is 12.0 Å². The molecule has 0 saturated carbocycles. The molecule has 296 valence electrons. The number of hydrogen-bond donors (Lipinski definition) is 0. The molecule has 0 bridgehead atoms. The van der Waals surface area contributed by atoms with Crippen molar-refractivity contribution in [1.29, 1.82) is 0 Å². The lowest BCUT2D eigenvalue weighted by atomic mass is 10.1. The van der Waals surface area contributed by atoms with Gasteiger partial charge in [0.05, 0.1) is 38.7 Å². The average molecular weight is 812 g/mol. The zero-order valence-corrected chi connectivity index (χ0v) is 32.6. The summed E-state index contributed by atoms with van der Waals surface area (Å²) in [5, 5.41) is 6.17. The van der Waals surface area contributed by atoms with Crippen LogP contribution in [0.15, 0.2) is 183 Å². The smallest absolute Gasteiger partial charge is 0.266 e. The van der Waals surface area contributed by atoms with Gasteiger partial charge in [0.1, 0.15) is 34.6 Å². The highest BCUT2D eigenvalue weighted by Crippen LogP contribution is 2.40. The van der Waals surface area contributed by atoms with Crippen molar-refractivity contribution in [2.45, 2.75) is 6.43 Å². The Kier molecular flexibility index (Phi) is 8.07. The van der Waals surface area contributed by atoms with Crippen molar-refractivity contribution >= 4 is 65.4 Å². The average Bonchev–Trinajstić information content (AvgIpc) is 3.94. The quantitative estimate of drug-likeness (QED) is 0.152. The van der Waals surface area contributed by atoms with E-state index in [0.717, 1.165) is 89.4 Å². The van der Waals surface area contributed by atoms with Crippen molar-refractivity contribution in [3.8, 4) is 40.6 Å². The lowest BCUT2D eigenvalue weighted by Crippen LogP contribution is -2.02. The molecule has 0 aliphatic heterocycles. The molecule has 6 heterocycles. The number of alkyl halides is 2. The van der Waals surface area contributed by atoms with Crippen LogP contribution >= 0.6 is 0 Å². The third-order valence-corrected chi connectivity index (χ3v) is 11.3. The summed E-state index contributed by atoms with van der Waals surface area (Å²) in [5.74, 6) is 4.23. The second kappa shape index (κ2) is 14.1. The van der Waals surface area contributed by atoms with Crippen LogP contribution < -0.4 is 9.47 Å². The molecule has 6 aromatic heterocycles. The summed E-state index contributed by atoms with van der Waals surface area (Å²) in [6.07, 6.45) is 3.20. The summed E-state index contributed by atoms with van der Waals surface area (Å²) in [6.45, 7) is 0. The third-order valence-electron chi connectivity index (χ3n) is 11.3. The summed E-state index contributed by atoms with van der Waals surface area (Å²) >= 11 is 0. The van der Waals surface area contributed by atoms with Crippen LogP contribution in [-0.4, -0.2) is 33.6 Å². The molecule has 0 amide bonds. The van der Waals surface area contributed by atoms with E-state index in [4.69, 9.17) is 9.47 Å². The molecule has 0 atom stereocenters. The number of rotatable bonds is 8. The van der Waals surface area contributed by atoms with Crippen molar-refractivity contribution in [3.05, 3.63) is 188 Å². The second-order valence-corrected chi connectivity index (χ2v) is 15.0. The predicted octanol–water partition coefficient (Wildman–Crippen LogP) is 13.1. The van der Waals surface area contributed by atoms with Crippen molar-refractivity contribution in [1.82, 2.24) is 33.6 Å². The minimum atomic E-state index is -2.70. The number of para-hydroxylation sites is 2. The van der Waals surface area contributed by atoms with Gasteiger partial charge in [0.25, 0.3) is 6.43 Å². The van der Waals surface area contributed by atoms with E-state index in [0.29, 0.717) is 23.0 Å². The lowest BCUT2D eigenvalue weighted by Gasteiger charge is -2.11. The normalized spacial score (nSPS) is 11.9. The van der Waals surface area contributed by atoms with E-state index in [1.807, 2.05) is 126 Å². The summed E-state index contributed by atoms with van der Waals surface area (Å²) < 4.78 is 46.7. The highest BCUT2D eigenvalue weighted by atomic mass is 19.3. The number of hydrogen-bond acceptors (Lipinski definition) is 6. The van der Waals surface area contributed by atoms with Gasteiger partial charge in [0, 0.05) is 81.4 Å². The van der Waals surface area contributed by atoms with Gasteiger partial charge in [-0.2, -0.15) is 0 Å². The molecular weight excluding hydrogens is 781 g/mol. The maximum atomic E-state index is 13.7. The van der Waals surface area contributed by atoms with E-state index in [-0.39, 0.29) is 11.5 Å². The summed E-state index contributed by atoms with van der Waals surface area (Å²) in [7, 11) is 0. The summed E-state index contributed by atoms with van der Waals surface area (Å²) in [4.78, 5) is 18.2. The Bertz CT molecular complexity index is 3460. The first-order chi connectivity index (χ1) is 30.6. The number of fused-ring (bicyclic) bond motifs is 9. The molecule has 0 saturated heterocycles. The largest absolute Gasteiger partial charge is 0.457 e. The van der Waals surface area contributed by atoms with E-state index >= 15 is 0 Å². The van der Waals surface area contributed by atoms with Gasteiger partial charge in [-0.15, -0.1) is 0 Å². The van der Waals surface area contributed by atoms with Crippen LogP contribution in [0.3, 0.4) is 0 Å². The van der Waals surface area contributed by atoms with Crippen LogP contribution in [-0.2, 0) is 0 Å². The SMILES string of the molecule is FC(F)c1cnc(-n2c3cc(Oc4ccc5c6ccccc6n(-c6ccccn6)c5c4)ccc3c3ccc(Oc4ccc5c6ccccc6n(-c6ccccn6)c5c4)cc32)nc1. The fourth-order valence-electron chi connectivity index (χ4n) is 8.65. The van der Waals surface area contributed by atoms with Crippen LogP contribution in [0.5, 0.6) is 23.0 Å². The fourth-order valence-corrected chi connectivity index (χ4v) is 8.65. The van der Waals surface area contributed by atoms with Crippen molar-refractivity contribution in [3.63, 3.8) is 0 Å². The van der Waals surface area contributed by atoms with E-state index in [1.54, 1.807) is 12.4 Å². The molecule has 12 rings (SSSR count). The van der Waals surface area contributed by atoms with E-state index in [1.165, 1.54) is 0 Å². The van der Waals surface area contributed by atoms with Crippen LogP contribution in [0.25, 0.3) is 83.0 Å². The first-order valence-corrected chi connectivity index (χ1v) is 20.0. The van der Waals surface area contributed by atoms with Crippen molar-refractivity contribution in [2.24, 2.45) is 0 Å². The number of benzene rings is 6. The molecule has 0 unspecified atom stereocenters. The maximum Gasteiger partial charge on any atom is 0.266 e. The zero-order valence-electron chi connectivity index (χ0n) is 32.6. The minimum Gasteiger partial charge on any atom is -0.457 e. The minimum absolute atomic E-state index is 0.228. The van der Waals surface area contributed by atoms with E-state index in [9.17, 15) is 8.78 Å². The standard InChI is InChI=1S/C51H31F2N7O2/c52-50(53)31-29-56-51(57-30-31)60-46-27-34(61-32-15-19-38-36-9-1-3-11-42(36)58(44(38)25-32)48-13-5-7-23-54-48)17-21-40(46)41-22-18-35(28-47(41)60)62-33-16-20-39-37-10-2-4-12-43(37)59(45(39)26-33)49-14-6-8-24-55-49/h1-30,50H. The highest BCUT2D eigenvalue weighted by molar-refractivity contribution is 6.11. The molecule has 0 aliphatic rings. The van der Waals surface area contributed by atoms with E-state index in [2.05, 4.69) is 65.5 Å². The number of aromatic nitrogens is 7. The van der Waals surface area contributed by atoms with Crippen molar-refractivity contribution in [2.75, 3.05) is 0 Å². The number of ether oxygens (including phenoxy) is 2. The Hall–Kier alpha value is -8.44. The van der Waals surface area contributed by atoms with Gasteiger partial charge >= 0.3 is 0 Å². The first-order valence-electron chi connectivity index (χ1n) is 20.0. The van der Waals surface area contributed by atoms with Gasteiger partial charge in [-0.25, -0.2) is 28.7 Å². The first kappa shape index (κ1) is 35.5. The number of halogens is 2. The van der Waals surface area contributed by atoms with Gasteiger partial charge in [-0.3, -0.25) is 13.7 Å². The van der Waals surface area contributed by atoms with Gasteiger partial charge in [0.15, 0.2) is 0 Å². The van der Waals surface area contributed by atoms with Crippen LogP contribution in [0.4, 0.5) is 8.78 Å². The van der Waals surface area contributed by atoms with Gasteiger partial charge in [-0.05, 0) is 84.9 Å². The van der Waals surface area contributed by atoms with Gasteiger partial charge in [0.2, 0.25) is 5.95 Å². The Morgan fingerprint density at radius 3 is 1.13 bits per heavy atom. The number of pyridine rings is 2. The number of nitrogens with zero attached hydrogens (tertiary/aromatic N) is 7. The summed E-state index contributed by atoms with van der Waals surface area (Å²) in [5.41, 5.74) is 5.18. The maximum absolute atomic E-state index is 13.7. The van der Waals surface area contributed by atoms with Gasteiger partial charge < -0.3 is 9.47 Å². The highest BCUT2D eigenvalue weighted by Gasteiger charge is 2.20. The molecule has 0 aliphatic carbocycles. The topological polar surface area (TPSA) is 84.8 Å². The molecule has 0 spiro atoms. The Balaban J connectivity index is 0.968. The molecular formula is C51H31F2N7O2. The Morgan fingerprint density at radius 1 is 0.371 bits per heavy atom. The van der Waals surface area contributed by atoms with Gasteiger partial charge in [-0.1, -0.05) is 48.5 Å². The predicted molar refractivity (Wildman–Crippen MR) is 239 cm³/mol. The lowest BCUT2D eigenvalue weighted by molar-refractivity contribution is 0.150. The molecule has 0 radical (unpaired) electrons. The Labute approximate surface area is 351 Å². The van der Waals surface area contributed by atoms with Crippen LogP contribution in [0.2, 0.25) is 0 Å². The zero-order chi connectivity index (χ0) is 41.3. The monoisotopic (exact) mass is 811 g/mol.